The SMILES string of the molecule is O=C(O)c1ccc(Cc2ccccc2C(F)(F)F)[nH]c1=O. The summed E-state index contributed by atoms with van der Waals surface area (Å²) in [5.41, 5.74) is -1.87. The first kappa shape index (κ1) is 14.8. The predicted molar refractivity (Wildman–Crippen MR) is 68.3 cm³/mol. The second kappa shape index (κ2) is 5.43. The van der Waals surface area contributed by atoms with Gasteiger partial charge in [-0.3, -0.25) is 4.79 Å². The van der Waals surface area contributed by atoms with Crippen molar-refractivity contribution in [1.82, 2.24) is 4.98 Å². The van der Waals surface area contributed by atoms with Crippen molar-refractivity contribution in [2.45, 2.75) is 12.6 Å². The van der Waals surface area contributed by atoms with E-state index < -0.39 is 28.8 Å². The third kappa shape index (κ3) is 3.31. The molecular formula is C14H10F3NO3. The molecule has 4 nitrogen and oxygen atoms in total. The van der Waals surface area contributed by atoms with Crippen LogP contribution in [-0.4, -0.2) is 16.1 Å². The van der Waals surface area contributed by atoms with Crippen LogP contribution >= 0.6 is 0 Å². The molecule has 0 saturated heterocycles. The average Bonchev–Trinajstić information content (AvgIpc) is 2.37. The Kier molecular flexibility index (Phi) is 3.84. The molecule has 1 heterocycles. The van der Waals surface area contributed by atoms with Crippen LogP contribution in [0.2, 0.25) is 0 Å². The van der Waals surface area contributed by atoms with E-state index in [1.807, 2.05) is 0 Å². The minimum atomic E-state index is -4.49. The predicted octanol–water partition coefficient (Wildman–Crippen LogP) is 2.68. The first-order valence-corrected chi connectivity index (χ1v) is 5.89. The maximum absolute atomic E-state index is 12.9. The van der Waals surface area contributed by atoms with Gasteiger partial charge < -0.3 is 10.1 Å². The van der Waals surface area contributed by atoms with Gasteiger partial charge in [0.05, 0.1) is 5.56 Å². The third-order valence-electron chi connectivity index (χ3n) is 2.90. The van der Waals surface area contributed by atoms with E-state index in [2.05, 4.69) is 4.98 Å². The van der Waals surface area contributed by atoms with Gasteiger partial charge in [-0.2, -0.15) is 13.2 Å². The summed E-state index contributed by atoms with van der Waals surface area (Å²) in [5.74, 6) is -1.39. The molecule has 2 rings (SSSR count). The lowest BCUT2D eigenvalue weighted by molar-refractivity contribution is -0.138. The lowest BCUT2D eigenvalue weighted by atomic mass is 10.0. The highest BCUT2D eigenvalue weighted by atomic mass is 19.4. The number of halogens is 3. The van der Waals surface area contributed by atoms with Gasteiger partial charge in [0.2, 0.25) is 0 Å². The summed E-state index contributed by atoms with van der Waals surface area (Å²) in [6.45, 7) is 0. The number of carbonyl (C=O) groups is 1. The number of pyridine rings is 1. The summed E-state index contributed by atoms with van der Waals surface area (Å²) < 4.78 is 38.6. The van der Waals surface area contributed by atoms with E-state index in [9.17, 15) is 22.8 Å². The van der Waals surface area contributed by atoms with Crippen molar-refractivity contribution in [1.29, 1.82) is 0 Å². The first-order chi connectivity index (χ1) is 9.79. The van der Waals surface area contributed by atoms with Crippen LogP contribution < -0.4 is 5.56 Å². The summed E-state index contributed by atoms with van der Waals surface area (Å²) in [6, 6.07) is 7.38. The van der Waals surface area contributed by atoms with E-state index in [4.69, 9.17) is 5.11 Å². The Hall–Kier alpha value is -2.57. The van der Waals surface area contributed by atoms with Gasteiger partial charge in [-0.25, -0.2) is 4.79 Å². The van der Waals surface area contributed by atoms with Crippen LogP contribution in [0.25, 0.3) is 0 Å². The van der Waals surface area contributed by atoms with E-state index >= 15 is 0 Å². The first-order valence-electron chi connectivity index (χ1n) is 5.89. The smallest absolute Gasteiger partial charge is 0.416 e. The monoisotopic (exact) mass is 297 g/mol. The van der Waals surface area contributed by atoms with Crippen LogP contribution in [0.1, 0.15) is 27.2 Å². The molecule has 21 heavy (non-hydrogen) atoms. The molecule has 0 amide bonds. The molecule has 0 fully saturated rings. The van der Waals surface area contributed by atoms with Crippen LogP contribution in [0.15, 0.2) is 41.2 Å². The van der Waals surface area contributed by atoms with Crippen LogP contribution in [-0.2, 0) is 12.6 Å². The van der Waals surface area contributed by atoms with E-state index in [-0.39, 0.29) is 17.7 Å². The number of hydrogen-bond donors (Lipinski definition) is 2. The maximum atomic E-state index is 12.9. The van der Waals surface area contributed by atoms with Gasteiger partial charge in [0.1, 0.15) is 5.56 Å². The van der Waals surface area contributed by atoms with Crippen molar-refractivity contribution >= 4 is 5.97 Å². The van der Waals surface area contributed by atoms with E-state index in [0.717, 1.165) is 12.1 Å². The molecule has 2 aromatic rings. The zero-order chi connectivity index (χ0) is 15.6. The number of benzene rings is 1. The molecule has 0 aliphatic rings. The third-order valence-corrected chi connectivity index (χ3v) is 2.90. The van der Waals surface area contributed by atoms with Crippen LogP contribution in [0.3, 0.4) is 0 Å². The Labute approximate surface area is 116 Å². The molecule has 0 spiro atoms. The van der Waals surface area contributed by atoms with Gasteiger partial charge in [0, 0.05) is 12.1 Å². The number of H-pyrrole nitrogens is 1. The van der Waals surface area contributed by atoms with Gasteiger partial charge in [-0.05, 0) is 23.8 Å². The van der Waals surface area contributed by atoms with Crippen molar-refractivity contribution in [3.05, 3.63) is 69.1 Å². The molecule has 7 heteroatoms. The van der Waals surface area contributed by atoms with Gasteiger partial charge in [0.25, 0.3) is 5.56 Å². The molecule has 0 bridgehead atoms. The molecule has 0 unspecified atom stereocenters. The molecular weight excluding hydrogens is 287 g/mol. The largest absolute Gasteiger partial charge is 0.477 e. The maximum Gasteiger partial charge on any atom is 0.416 e. The molecule has 0 aliphatic carbocycles. The van der Waals surface area contributed by atoms with Gasteiger partial charge in [0.15, 0.2) is 0 Å². The minimum absolute atomic E-state index is 0.00345. The summed E-state index contributed by atoms with van der Waals surface area (Å²) in [7, 11) is 0. The van der Waals surface area contributed by atoms with Crippen molar-refractivity contribution in [3.8, 4) is 0 Å². The highest BCUT2D eigenvalue weighted by molar-refractivity contribution is 5.87. The number of carboxylic acids is 1. The van der Waals surface area contributed by atoms with Crippen LogP contribution in [0.4, 0.5) is 13.2 Å². The van der Waals surface area contributed by atoms with Crippen LogP contribution in [0.5, 0.6) is 0 Å². The number of hydrogen-bond acceptors (Lipinski definition) is 2. The fourth-order valence-electron chi connectivity index (χ4n) is 1.94. The Morgan fingerprint density at radius 2 is 1.81 bits per heavy atom. The van der Waals surface area contributed by atoms with Crippen molar-refractivity contribution in [3.63, 3.8) is 0 Å². The van der Waals surface area contributed by atoms with Gasteiger partial charge >= 0.3 is 12.1 Å². The summed E-state index contributed by atoms with van der Waals surface area (Å²) in [6.07, 6.45) is -4.64. The normalized spacial score (nSPS) is 11.4. The van der Waals surface area contributed by atoms with E-state index in [1.54, 1.807) is 0 Å². The van der Waals surface area contributed by atoms with Crippen molar-refractivity contribution in [2.24, 2.45) is 0 Å². The highest BCUT2D eigenvalue weighted by Gasteiger charge is 2.32. The molecule has 0 atom stereocenters. The minimum Gasteiger partial charge on any atom is -0.477 e. The average molecular weight is 297 g/mol. The zero-order valence-corrected chi connectivity index (χ0v) is 10.6. The second-order valence-electron chi connectivity index (χ2n) is 4.36. The van der Waals surface area contributed by atoms with Crippen LogP contribution in [0, 0.1) is 0 Å². The lowest BCUT2D eigenvalue weighted by Gasteiger charge is -2.12. The van der Waals surface area contributed by atoms with Gasteiger partial charge in [-0.15, -0.1) is 0 Å². The van der Waals surface area contributed by atoms with Crippen molar-refractivity contribution < 1.29 is 23.1 Å². The fraction of sp³-hybridized carbons (Fsp3) is 0.143. The summed E-state index contributed by atoms with van der Waals surface area (Å²) in [5, 5.41) is 8.73. The quantitative estimate of drug-likeness (QED) is 0.915. The number of carboxylic acid groups (broad SMARTS) is 1. The van der Waals surface area contributed by atoms with E-state index in [1.165, 1.54) is 24.3 Å². The number of aromatic nitrogens is 1. The fourth-order valence-corrected chi connectivity index (χ4v) is 1.94. The molecule has 110 valence electrons. The topological polar surface area (TPSA) is 70.2 Å². The van der Waals surface area contributed by atoms with Crippen molar-refractivity contribution in [2.75, 3.05) is 0 Å². The number of nitrogens with one attached hydrogen (secondary N) is 1. The Morgan fingerprint density at radius 3 is 2.38 bits per heavy atom. The Balaban J connectivity index is 2.38. The number of aromatic carboxylic acids is 1. The molecule has 0 aliphatic heterocycles. The number of alkyl halides is 3. The summed E-state index contributed by atoms with van der Waals surface area (Å²) in [4.78, 5) is 24.5. The highest BCUT2D eigenvalue weighted by Crippen LogP contribution is 2.32. The molecule has 1 aromatic heterocycles. The zero-order valence-electron chi connectivity index (χ0n) is 10.6. The standard InChI is InChI=1S/C14H10F3NO3/c15-14(16,17)11-4-2-1-3-8(11)7-9-5-6-10(13(20)21)12(19)18-9/h1-6H,7H2,(H,18,19)(H,20,21). The number of rotatable bonds is 3. The summed E-state index contributed by atoms with van der Waals surface area (Å²) >= 11 is 0. The molecule has 0 radical (unpaired) electrons. The lowest BCUT2D eigenvalue weighted by Crippen LogP contribution is -2.19. The Bertz CT molecular complexity index is 735. The van der Waals surface area contributed by atoms with E-state index in [0.29, 0.717) is 0 Å². The molecule has 2 N–H and O–H groups in total. The second-order valence-corrected chi connectivity index (χ2v) is 4.36. The molecule has 1 aromatic carbocycles. The molecule has 0 saturated carbocycles. The Morgan fingerprint density at radius 1 is 1.14 bits per heavy atom. The van der Waals surface area contributed by atoms with Gasteiger partial charge in [-0.1, -0.05) is 18.2 Å². The number of aromatic amines is 1.